The maximum absolute atomic E-state index is 8.88. The lowest BCUT2D eigenvalue weighted by atomic mass is 9.86. The lowest BCUT2D eigenvalue weighted by Gasteiger charge is -2.26. The fraction of sp³-hybridized carbons (Fsp3) is 0.0526. The molecule has 0 bridgehead atoms. The smallest absolute Gasteiger partial charge is 0.163 e. The van der Waals surface area contributed by atoms with Crippen molar-refractivity contribution < 1.29 is 27.0 Å². The van der Waals surface area contributed by atoms with Gasteiger partial charge >= 0.3 is 0 Å². The van der Waals surface area contributed by atoms with Gasteiger partial charge in [0, 0.05) is 82.7 Å². The maximum atomic E-state index is 8.88. The van der Waals surface area contributed by atoms with Crippen LogP contribution in [0.3, 0.4) is 0 Å². The second-order valence-corrected chi connectivity index (χ2v) is 22.1. The van der Waals surface area contributed by atoms with Gasteiger partial charge in [-0.2, -0.15) is 0 Å². The molecule has 17 aromatic rings. The van der Waals surface area contributed by atoms with Gasteiger partial charge < -0.3 is 27.5 Å². The zero-order valence-corrected chi connectivity index (χ0v) is 44.5. The average Bonchev–Trinajstić information content (AvgIpc) is 1.51. The first-order valence-electron chi connectivity index (χ1n) is 32.3. The summed E-state index contributed by atoms with van der Waals surface area (Å²) in [6, 6.07) is 61.8. The molecule has 388 valence electrons. The van der Waals surface area contributed by atoms with Gasteiger partial charge in [0.05, 0.1) is 35.8 Å². The van der Waals surface area contributed by atoms with Crippen LogP contribution in [0.1, 0.15) is 40.0 Å². The minimum Gasteiger partial charge on any atom is -0.455 e. The Morgan fingerprint density at radius 3 is 1.48 bits per heavy atom. The molecule has 0 aliphatic rings. The standard InChI is InChI=1S/C76H51N3O3/c1-76(2,3)49-32-39-68-64(42-49)72-75(82-68)69-65(78(51-24-14-7-15-25-51)54-35-41-67-63(45-54)60-29-17-27-56(74(60)81-67)47-20-10-5-11-21-47)38-37-58-57-36-31-48-30-33-52(43-61(48)70(57)79(72)71(58)69)77(50-22-12-6-13-23-50)53-34-40-66-62(44-53)59-28-16-26-55(73(59)80-66)46-18-8-4-9-19-46/h4-45H,1-3H3/i4D,5D,8D,9D,10D,11D,18D,19D,20D,21D. The SMILES string of the molecule is [2H]c1c([2H])c([2H])c(-c2cccc3c2oc2ccc(N(c4ccccc4)c4ccc5ccc6c7ccc(N(c8ccccc8)c8ccc9oc%10c(-c%11c([2H])c([2H])c([2H])c([2H])c%11[2H])cccc%10c9c8)c8c9oc%10ccc(C(C)(C)C)cc%10c9n(c6c5c4)c78)cc23)c([2H])c1[2H]. The Hall–Kier alpha value is -10.6. The molecule has 0 saturated heterocycles. The number of anilines is 6. The van der Waals surface area contributed by atoms with Gasteiger partial charge in [0.1, 0.15) is 33.4 Å². The summed E-state index contributed by atoms with van der Waals surface area (Å²) in [4.78, 5) is 4.48. The maximum Gasteiger partial charge on any atom is 0.163 e. The highest BCUT2D eigenvalue weighted by molar-refractivity contribution is 6.32. The minimum absolute atomic E-state index is 0.0731. The Morgan fingerprint density at radius 1 is 0.366 bits per heavy atom. The lowest BCUT2D eigenvalue weighted by molar-refractivity contribution is 0.590. The molecule has 0 radical (unpaired) electrons. The lowest BCUT2D eigenvalue weighted by Crippen LogP contribution is -2.10. The summed E-state index contributed by atoms with van der Waals surface area (Å²) in [5, 5.41) is 9.08. The van der Waals surface area contributed by atoms with E-state index in [1.807, 2.05) is 84.9 Å². The third-order valence-electron chi connectivity index (χ3n) is 16.4. The molecule has 0 amide bonds. The second-order valence-electron chi connectivity index (χ2n) is 22.1. The topological polar surface area (TPSA) is 50.3 Å². The number of nitrogens with zero attached hydrogens (tertiary/aromatic N) is 3. The first-order valence-corrected chi connectivity index (χ1v) is 27.3. The van der Waals surface area contributed by atoms with Crippen molar-refractivity contribution >= 4 is 138 Å². The summed E-state index contributed by atoms with van der Waals surface area (Å²) < 4.78 is 109. The first kappa shape index (κ1) is 37.3. The van der Waals surface area contributed by atoms with Crippen molar-refractivity contribution in [3.05, 3.63) is 260 Å². The quantitative estimate of drug-likeness (QED) is 0.152. The molecule has 0 fully saturated rings. The molecule has 0 aliphatic carbocycles. The van der Waals surface area contributed by atoms with Crippen molar-refractivity contribution in [2.24, 2.45) is 0 Å². The fourth-order valence-electron chi connectivity index (χ4n) is 12.7. The van der Waals surface area contributed by atoms with Gasteiger partial charge in [-0.15, -0.1) is 0 Å². The Balaban J connectivity index is 0.898. The van der Waals surface area contributed by atoms with E-state index in [4.69, 9.17) is 27.0 Å². The summed E-state index contributed by atoms with van der Waals surface area (Å²) in [5.74, 6) is 0. The van der Waals surface area contributed by atoms with E-state index in [0.29, 0.717) is 33.5 Å². The van der Waals surface area contributed by atoms with Crippen LogP contribution < -0.4 is 9.80 Å². The largest absolute Gasteiger partial charge is 0.455 e. The van der Waals surface area contributed by atoms with E-state index in [-0.39, 0.29) is 40.7 Å². The summed E-state index contributed by atoms with van der Waals surface area (Å²) in [5.41, 5.74) is 13.6. The summed E-state index contributed by atoms with van der Waals surface area (Å²) in [6.45, 7) is 6.67. The molecule has 0 atom stereocenters. The summed E-state index contributed by atoms with van der Waals surface area (Å²) in [6.07, 6.45) is 0. The van der Waals surface area contributed by atoms with Gasteiger partial charge in [-0.25, -0.2) is 0 Å². The molecular formula is C76H51N3O3. The van der Waals surface area contributed by atoms with E-state index in [1.54, 1.807) is 12.1 Å². The van der Waals surface area contributed by atoms with Gasteiger partial charge in [-0.05, 0) is 118 Å². The van der Waals surface area contributed by atoms with E-state index in [9.17, 15) is 0 Å². The Labute approximate surface area is 485 Å². The van der Waals surface area contributed by atoms with Crippen LogP contribution in [0.5, 0.6) is 0 Å². The number of fused-ring (bicyclic) bond motifs is 16. The zero-order valence-electron chi connectivity index (χ0n) is 54.5. The molecule has 0 spiro atoms. The number of furan rings is 3. The highest BCUT2D eigenvalue weighted by Crippen LogP contribution is 2.52. The number of rotatable bonds is 8. The third kappa shape index (κ3) is 6.88. The monoisotopic (exact) mass is 1060 g/mol. The van der Waals surface area contributed by atoms with E-state index >= 15 is 0 Å². The van der Waals surface area contributed by atoms with Crippen LogP contribution in [0.25, 0.3) is 126 Å². The van der Waals surface area contributed by atoms with Gasteiger partial charge in [-0.1, -0.05) is 184 Å². The molecule has 0 saturated carbocycles. The molecule has 0 N–H and O–H groups in total. The van der Waals surface area contributed by atoms with Crippen LogP contribution >= 0.6 is 0 Å². The number of hydrogen-bond acceptors (Lipinski definition) is 5. The molecule has 6 nitrogen and oxygen atoms in total. The summed E-state index contributed by atoms with van der Waals surface area (Å²) in [7, 11) is 0. The normalized spacial score (nSPS) is 14.0. The molecule has 5 aromatic heterocycles. The van der Waals surface area contributed by atoms with Crippen molar-refractivity contribution in [3.63, 3.8) is 0 Å². The number of hydrogen-bond donors (Lipinski definition) is 0. The van der Waals surface area contributed by atoms with Gasteiger partial charge in [0.15, 0.2) is 5.58 Å². The van der Waals surface area contributed by atoms with Crippen LogP contribution in [0.2, 0.25) is 0 Å². The second kappa shape index (κ2) is 17.5. The van der Waals surface area contributed by atoms with E-state index < -0.39 is 36.3 Å². The average molecular weight is 1060 g/mol. The Kier molecular flexibility index (Phi) is 7.95. The van der Waals surface area contributed by atoms with E-state index in [1.165, 1.54) is 0 Å². The summed E-state index contributed by atoms with van der Waals surface area (Å²) >= 11 is 0. The van der Waals surface area contributed by atoms with Crippen LogP contribution in [0.15, 0.2) is 268 Å². The molecule has 6 heteroatoms. The van der Waals surface area contributed by atoms with Crippen LogP contribution in [0, 0.1) is 0 Å². The van der Waals surface area contributed by atoms with Crippen molar-refractivity contribution in [2.75, 3.05) is 9.80 Å². The number of benzene rings is 12. The predicted molar refractivity (Wildman–Crippen MR) is 342 cm³/mol. The van der Waals surface area contributed by atoms with E-state index in [2.05, 4.69) is 132 Å². The third-order valence-corrected chi connectivity index (χ3v) is 16.4. The molecule has 5 heterocycles. The minimum atomic E-state index is -0.458. The van der Waals surface area contributed by atoms with Crippen LogP contribution in [-0.4, -0.2) is 4.40 Å². The Bertz CT molecular complexity index is 5970. The van der Waals surface area contributed by atoms with Gasteiger partial charge in [-0.3, -0.25) is 0 Å². The van der Waals surface area contributed by atoms with Crippen molar-refractivity contribution in [1.82, 2.24) is 4.40 Å². The highest BCUT2D eigenvalue weighted by Gasteiger charge is 2.30. The molecule has 82 heavy (non-hydrogen) atoms. The molecular weight excluding hydrogens is 1000 g/mol. The number of para-hydroxylation sites is 4. The molecule has 12 aromatic carbocycles. The van der Waals surface area contributed by atoms with Crippen molar-refractivity contribution in [2.45, 2.75) is 26.2 Å². The Morgan fingerprint density at radius 2 is 0.866 bits per heavy atom. The van der Waals surface area contributed by atoms with Crippen LogP contribution in [0.4, 0.5) is 34.1 Å². The van der Waals surface area contributed by atoms with Crippen molar-refractivity contribution in [1.29, 1.82) is 0 Å². The van der Waals surface area contributed by atoms with Gasteiger partial charge in [0.25, 0.3) is 0 Å². The van der Waals surface area contributed by atoms with Gasteiger partial charge in [0.2, 0.25) is 0 Å². The van der Waals surface area contributed by atoms with Crippen molar-refractivity contribution in [3.8, 4) is 22.3 Å². The molecule has 17 rings (SSSR count). The fourth-order valence-corrected chi connectivity index (χ4v) is 12.7. The highest BCUT2D eigenvalue weighted by atomic mass is 16.3. The van der Waals surface area contributed by atoms with E-state index in [0.717, 1.165) is 121 Å². The number of aromatic nitrogens is 1. The predicted octanol–water partition coefficient (Wildman–Crippen LogP) is 22.1. The first-order chi connectivity index (χ1) is 44.4. The zero-order chi connectivity index (χ0) is 63.1. The van der Waals surface area contributed by atoms with Crippen LogP contribution in [-0.2, 0) is 5.41 Å². The molecule has 0 aliphatic heterocycles. The molecule has 0 unspecified atom stereocenters.